The molecule has 2 heterocycles. The molecule has 6 heteroatoms. The van der Waals surface area contributed by atoms with Crippen LogP contribution < -0.4 is 11.0 Å². The van der Waals surface area contributed by atoms with Crippen molar-refractivity contribution in [3.8, 4) is 11.6 Å². The van der Waals surface area contributed by atoms with Crippen LogP contribution in [0.4, 0.5) is 0 Å². The van der Waals surface area contributed by atoms with Crippen molar-refractivity contribution in [3.63, 3.8) is 0 Å². The Morgan fingerprint density at radius 1 is 0.633 bits per heavy atom. The van der Waals surface area contributed by atoms with Crippen LogP contribution in [0.25, 0.3) is 64.9 Å². The summed E-state index contributed by atoms with van der Waals surface area (Å²) in [6.45, 7) is 0. The molecule has 5 aromatic carbocycles. The van der Waals surface area contributed by atoms with Gasteiger partial charge in [0.15, 0.2) is 5.88 Å². The second kappa shape index (κ2) is 4.57. The summed E-state index contributed by atoms with van der Waals surface area (Å²) in [6, 6.07) is 10.7. The van der Waals surface area contributed by atoms with Crippen molar-refractivity contribution in [2.45, 2.75) is 0 Å². The Hall–Kier alpha value is -4.06. The number of aryl methyl sites for hydroxylation is 2. The molecule has 0 bridgehead atoms. The van der Waals surface area contributed by atoms with Gasteiger partial charge in [-0.2, -0.15) is 0 Å². The van der Waals surface area contributed by atoms with E-state index in [0.29, 0.717) is 21.8 Å². The van der Waals surface area contributed by atoms with Crippen LogP contribution >= 0.6 is 0 Å². The van der Waals surface area contributed by atoms with E-state index in [0.717, 1.165) is 43.1 Å². The molecular formula is C24H14N2O4. The van der Waals surface area contributed by atoms with Crippen LogP contribution in [0.5, 0.6) is 11.6 Å². The average molecular weight is 394 g/mol. The molecule has 2 aromatic heterocycles. The summed E-state index contributed by atoms with van der Waals surface area (Å²) in [5, 5.41) is 29.1. The van der Waals surface area contributed by atoms with Gasteiger partial charge >= 0.3 is 0 Å². The third-order valence-corrected chi connectivity index (χ3v) is 6.80. The molecular weight excluding hydrogens is 380 g/mol. The molecule has 0 radical (unpaired) electrons. The van der Waals surface area contributed by atoms with E-state index >= 15 is 0 Å². The molecule has 0 saturated heterocycles. The van der Waals surface area contributed by atoms with Gasteiger partial charge in [-0.1, -0.05) is 12.1 Å². The second-order valence-corrected chi connectivity index (χ2v) is 8.13. The van der Waals surface area contributed by atoms with Gasteiger partial charge < -0.3 is 19.3 Å². The van der Waals surface area contributed by atoms with E-state index in [1.54, 1.807) is 32.3 Å². The van der Waals surface area contributed by atoms with Gasteiger partial charge in [-0.3, -0.25) is 9.59 Å². The topological polar surface area (TPSA) is 84.5 Å². The van der Waals surface area contributed by atoms with Gasteiger partial charge in [0.05, 0.1) is 10.9 Å². The summed E-state index contributed by atoms with van der Waals surface area (Å²) in [5.41, 5.74) is 0.639. The van der Waals surface area contributed by atoms with E-state index in [1.165, 1.54) is 9.13 Å². The molecule has 6 nitrogen and oxygen atoms in total. The molecule has 0 saturated carbocycles. The molecule has 0 aliphatic rings. The highest BCUT2D eigenvalue weighted by Crippen LogP contribution is 2.47. The molecule has 0 amide bonds. The lowest BCUT2D eigenvalue weighted by Crippen LogP contribution is -2.09. The van der Waals surface area contributed by atoms with Gasteiger partial charge in [0.2, 0.25) is 5.43 Å². The molecule has 0 aliphatic heterocycles. The van der Waals surface area contributed by atoms with Crippen molar-refractivity contribution >= 4 is 64.9 Å². The molecule has 0 fully saturated rings. The minimum Gasteiger partial charge on any atom is -0.506 e. The summed E-state index contributed by atoms with van der Waals surface area (Å²) in [7, 11) is 3.33. The van der Waals surface area contributed by atoms with Crippen LogP contribution in [0, 0.1) is 0 Å². The summed E-state index contributed by atoms with van der Waals surface area (Å²) in [5.74, 6) is 0.104. The molecule has 144 valence electrons. The number of aromatic nitrogens is 2. The second-order valence-electron chi connectivity index (χ2n) is 8.13. The van der Waals surface area contributed by atoms with Crippen molar-refractivity contribution in [1.82, 2.24) is 9.13 Å². The Labute approximate surface area is 167 Å². The Morgan fingerprint density at radius 2 is 1.20 bits per heavy atom. The lowest BCUT2D eigenvalue weighted by atomic mass is 9.88. The van der Waals surface area contributed by atoms with Crippen molar-refractivity contribution in [2.24, 2.45) is 14.1 Å². The Bertz CT molecular complexity index is 1980. The van der Waals surface area contributed by atoms with E-state index in [2.05, 4.69) is 0 Å². The predicted octanol–water partition coefficient (Wildman–Crippen LogP) is 3.73. The maximum atomic E-state index is 13.0. The largest absolute Gasteiger partial charge is 0.506 e. The lowest BCUT2D eigenvalue weighted by Gasteiger charge is -2.15. The highest BCUT2D eigenvalue weighted by molar-refractivity contribution is 6.40. The van der Waals surface area contributed by atoms with Crippen molar-refractivity contribution < 1.29 is 10.2 Å². The fraction of sp³-hybridized carbons (Fsp3) is 0.0833. The highest BCUT2D eigenvalue weighted by Gasteiger charge is 2.25. The van der Waals surface area contributed by atoms with E-state index in [-0.39, 0.29) is 22.6 Å². The monoisotopic (exact) mass is 394 g/mol. The molecule has 0 aliphatic carbocycles. The SMILES string of the molecule is Cn1c(O)c2ccc3c4cc(O)c5c6c(ccc(c7cc(=O)c1c2c73)c46)c(=O)n5C. The third kappa shape index (κ3) is 1.43. The minimum absolute atomic E-state index is 0.0481. The van der Waals surface area contributed by atoms with Gasteiger partial charge in [0.25, 0.3) is 5.56 Å². The average Bonchev–Trinajstić information content (AvgIpc) is 3.15. The number of rotatable bonds is 0. The summed E-state index contributed by atoms with van der Waals surface area (Å²) < 4.78 is 3.00. The quantitative estimate of drug-likeness (QED) is 0.303. The van der Waals surface area contributed by atoms with Crippen LogP contribution in [-0.4, -0.2) is 19.3 Å². The van der Waals surface area contributed by atoms with Gasteiger partial charge in [-0.05, 0) is 45.8 Å². The van der Waals surface area contributed by atoms with E-state index < -0.39 is 0 Å². The summed E-state index contributed by atoms with van der Waals surface area (Å²) >= 11 is 0. The van der Waals surface area contributed by atoms with E-state index in [1.807, 2.05) is 18.2 Å². The minimum atomic E-state index is -0.162. The number of fused-ring (bicyclic) bond motifs is 2. The highest BCUT2D eigenvalue weighted by atomic mass is 16.3. The molecule has 7 rings (SSSR count). The number of hydrogen-bond acceptors (Lipinski definition) is 4. The Morgan fingerprint density at radius 3 is 1.90 bits per heavy atom. The predicted molar refractivity (Wildman–Crippen MR) is 119 cm³/mol. The molecule has 30 heavy (non-hydrogen) atoms. The fourth-order valence-corrected chi connectivity index (χ4v) is 5.54. The summed E-state index contributed by atoms with van der Waals surface area (Å²) in [4.78, 5) is 25.8. The van der Waals surface area contributed by atoms with Gasteiger partial charge in [-0.15, -0.1) is 0 Å². The molecule has 7 aromatic rings. The number of aromatic hydroxyl groups is 2. The third-order valence-electron chi connectivity index (χ3n) is 6.80. The zero-order chi connectivity index (χ0) is 20.6. The van der Waals surface area contributed by atoms with Crippen molar-refractivity contribution in [1.29, 1.82) is 0 Å². The maximum Gasteiger partial charge on any atom is 0.258 e. The van der Waals surface area contributed by atoms with E-state index in [4.69, 9.17) is 0 Å². The fourth-order valence-electron chi connectivity index (χ4n) is 5.54. The number of phenolic OH excluding ortho intramolecular Hbond substituents is 1. The van der Waals surface area contributed by atoms with Gasteiger partial charge in [0, 0.05) is 41.0 Å². The first-order valence-electron chi connectivity index (χ1n) is 9.62. The zero-order valence-electron chi connectivity index (χ0n) is 16.1. The molecule has 0 spiro atoms. The number of nitrogens with zero attached hydrogens (tertiary/aromatic N) is 2. The van der Waals surface area contributed by atoms with Crippen molar-refractivity contribution in [2.75, 3.05) is 0 Å². The number of hydrogen-bond donors (Lipinski definition) is 2. The van der Waals surface area contributed by atoms with Crippen LogP contribution in [-0.2, 0) is 14.1 Å². The molecule has 0 atom stereocenters. The van der Waals surface area contributed by atoms with Crippen LogP contribution in [0.3, 0.4) is 0 Å². The normalized spacial score (nSPS) is 12.9. The van der Waals surface area contributed by atoms with E-state index in [9.17, 15) is 19.8 Å². The maximum absolute atomic E-state index is 13.0. The number of phenols is 1. The first-order chi connectivity index (χ1) is 14.4. The van der Waals surface area contributed by atoms with Crippen molar-refractivity contribution in [3.05, 3.63) is 57.0 Å². The van der Waals surface area contributed by atoms with Gasteiger partial charge in [-0.25, -0.2) is 0 Å². The number of benzene rings is 5. The Balaban J connectivity index is 1.96. The van der Waals surface area contributed by atoms with Crippen LogP contribution in [0.2, 0.25) is 0 Å². The first-order valence-corrected chi connectivity index (χ1v) is 9.62. The lowest BCUT2D eigenvalue weighted by molar-refractivity contribution is 0.441. The van der Waals surface area contributed by atoms with Crippen LogP contribution in [0.1, 0.15) is 0 Å². The summed E-state index contributed by atoms with van der Waals surface area (Å²) in [6.07, 6.45) is 0. The standard InChI is InChI=1S/C24H14N2O4/c1-25-21-15(27)7-13-10-4-6-12-20-18(10)14(8-16(28)22(20)26(2)24(12)30)9-3-5-11(23(25)29)19(21)17(9)13/h3-8,27,30H,1-2H3. The zero-order valence-corrected chi connectivity index (χ0v) is 16.1. The first kappa shape index (κ1) is 15.8. The Kier molecular flexibility index (Phi) is 2.41. The van der Waals surface area contributed by atoms with Gasteiger partial charge in [0.1, 0.15) is 11.3 Å². The van der Waals surface area contributed by atoms with Crippen LogP contribution in [0.15, 0.2) is 46.0 Å². The molecule has 0 unspecified atom stereocenters. The smallest absolute Gasteiger partial charge is 0.258 e. The molecule has 2 N–H and O–H groups in total.